The Labute approximate surface area is 131 Å². The first-order valence-corrected chi connectivity index (χ1v) is 7.09. The molecule has 1 amide bonds. The monoisotopic (exact) mass is 328 g/mol. The molecule has 0 saturated carbocycles. The molecule has 0 fully saturated rings. The molecule has 1 heterocycles. The smallest absolute Gasteiger partial charge is 0.257 e. The summed E-state index contributed by atoms with van der Waals surface area (Å²) >= 11 is 11.6. The fourth-order valence-corrected chi connectivity index (χ4v) is 1.89. The van der Waals surface area contributed by atoms with Crippen molar-refractivity contribution in [2.24, 2.45) is 0 Å². The topological polar surface area (TPSA) is 79.9 Å². The lowest BCUT2D eigenvalue weighted by Crippen LogP contribution is -2.29. The minimum atomic E-state index is -0.196. The molecule has 0 atom stereocenters. The van der Waals surface area contributed by atoms with Crippen LogP contribution in [0, 0.1) is 0 Å². The van der Waals surface area contributed by atoms with E-state index in [-0.39, 0.29) is 12.5 Å². The normalized spacial score (nSPS) is 10.4. The van der Waals surface area contributed by atoms with Gasteiger partial charge in [-0.3, -0.25) is 9.89 Å². The van der Waals surface area contributed by atoms with Crippen molar-refractivity contribution in [3.63, 3.8) is 0 Å². The second-order valence-corrected chi connectivity index (χ2v) is 5.06. The molecule has 2 aromatic rings. The number of ether oxygens (including phenoxy) is 1. The van der Waals surface area contributed by atoms with Crippen molar-refractivity contribution in [1.29, 1.82) is 0 Å². The summed E-state index contributed by atoms with van der Waals surface area (Å²) in [6, 6.07) is 4.85. The van der Waals surface area contributed by atoms with E-state index in [4.69, 9.17) is 27.9 Å². The zero-order valence-corrected chi connectivity index (χ0v) is 12.6. The van der Waals surface area contributed by atoms with Gasteiger partial charge >= 0.3 is 0 Å². The van der Waals surface area contributed by atoms with E-state index in [9.17, 15) is 4.79 Å². The zero-order valence-electron chi connectivity index (χ0n) is 11.1. The third-order valence-corrected chi connectivity index (χ3v) is 3.38. The van der Waals surface area contributed by atoms with Crippen LogP contribution >= 0.6 is 23.2 Å². The average molecular weight is 329 g/mol. The van der Waals surface area contributed by atoms with Gasteiger partial charge in [0, 0.05) is 19.0 Å². The number of nitrogens with one attached hydrogen (secondary N) is 2. The van der Waals surface area contributed by atoms with Crippen molar-refractivity contribution >= 4 is 29.1 Å². The molecule has 0 radical (unpaired) electrons. The van der Waals surface area contributed by atoms with Gasteiger partial charge in [-0.1, -0.05) is 23.2 Å². The average Bonchev–Trinajstić information content (AvgIpc) is 2.98. The van der Waals surface area contributed by atoms with Gasteiger partial charge < -0.3 is 10.1 Å². The maximum absolute atomic E-state index is 11.6. The van der Waals surface area contributed by atoms with Gasteiger partial charge in [-0.25, -0.2) is 4.98 Å². The van der Waals surface area contributed by atoms with Crippen LogP contribution in [0.1, 0.15) is 12.2 Å². The highest BCUT2D eigenvalue weighted by Crippen LogP contribution is 2.26. The third-order valence-electron chi connectivity index (χ3n) is 2.64. The van der Waals surface area contributed by atoms with Gasteiger partial charge in [-0.15, -0.1) is 0 Å². The number of H-pyrrole nitrogens is 1. The lowest BCUT2D eigenvalue weighted by molar-refractivity contribution is -0.123. The van der Waals surface area contributed by atoms with Crippen molar-refractivity contribution in [1.82, 2.24) is 20.5 Å². The third kappa shape index (κ3) is 5.24. The first-order chi connectivity index (χ1) is 10.1. The minimum absolute atomic E-state index is 0.0692. The highest BCUT2D eigenvalue weighted by Gasteiger charge is 2.05. The highest BCUT2D eigenvalue weighted by molar-refractivity contribution is 6.42. The van der Waals surface area contributed by atoms with Crippen molar-refractivity contribution in [2.45, 2.75) is 12.8 Å². The quantitative estimate of drug-likeness (QED) is 0.764. The summed E-state index contributed by atoms with van der Waals surface area (Å²) in [6.07, 6.45) is 2.96. The molecule has 21 heavy (non-hydrogen) atoms. The van der Waals surface area contributed by atoms with Gasteiger partial charge in [0.1, 0.15) is 17.9 Å². The second-order valence-electron chi connectivity index (χ2n) is 4.25. The molecule has 0 aliphatic rings. The van der Waals surface area contributed by atoms with Crippen molar-refractivity contribution in [3.8, 4) is 5.75 Å². The van der Waals surface area contributed by atoms with Gasteiger partial charge in [-0.05, 0) is 18.6 Å². The van der Waals surface area contributed by atoms with Crippen LogP contribution in [0.25, 0.3) is 0 Å². The molecule has 6 nitrogen and oxygen atoms in total. The number of nitrogens with zero attached hydrogens (tertiary/aromatic N) is 2. The van der Waals surface area contributed by atoms with Crippen LogP contribution in [0.3, 0.4) is 0 Å². The lowest BCUT2D eigenvalue weighted by atomic mass is 10.3. The van der Waals surface area contributed by atoms with Crippen LogP contribution in [0.5, 0.6) is 5.75 Å². The van der Waals surface area contributed by atoms with Gasteiger partial charge in [-0.2, -0.15) is 5.10 Å². The number of carbonyl (C=O) groups excluding carboxylic acids is 1. The Hall–Kier alpha value is -1.79. The van der Waals surface area contributed by atoms with E-state index in [2.05, 4.69) is 20.5 Å². The predicted octanol–water partition coefficient (Wildman–Crippen LogP) is 2.24. The maximum Gasteiger partial charge on any atom is 0.257 e. The van der Waals surface area contributed by atoms with Crippen LogP contribution in [0.15, 0.2) is 24.5 Å². The Kier molecular flexibility index (Phi) is 5.83. The summed E-state index contributed by atoms with van der Waals surface area (Å²) in [4.78, 5) is 15.6. The highest BCUT2D eigenvalue weighted by atomic mass is 35.5. The molecule has 8 heteroatoms. The van der Waals surface area contributed by atoms with Gasteiger partial charge in [0.15, 0.2) is 6.61 Å². The summed E-state index contributed by atoms with van der Waals surface area (Å²) in [5.41, 5.74) is 0. The molecule has 0 spiro atoms. The van der Waals surface area contributed by atoms with E-state index in [0.717, 1.165) is 18.7 Å². The summed E-state index contributed by atoms with van der Waals surface area (Å²) in [7, 11) is 0. The second kappa shape index (κ2) is 7.85. The Morgan fingerprint density at radius 2 is 2.19 bits per heavy atom. The molecule has 1 aromatic carbocycles. The fraction of sp³-hybridized carbons (Fsp3) is 0.308. The first-order valence-electron chi connectivity index (χ1n) is 6.34. The van der Waals surface area contributed by atoms with E-state index in [1.165, 1.54) is 6.33 Å². The molecule has 0 bridgehead atoms. The number of aryl methyl sites for hydroxylation is 1. The number of carbonyl (C=O) groups is 1. The van der Waals surface area contributed by atoms with E-state index in [1.54, 1.807) is 18.2 Å². The summed E-state index contributed by atoms with van der Waals surface area (Å²) in [5, 5.41) is 10.1. The number of halogens is 2. The molecule has 0 unspecified atom stereocenters. The molecular formula is C13H14Cl2N4O2. The number of rotatable bonds is 7. The van der Waals surface area contributed by atoms with E-state index < -0.39 is 0 Å². The predicted molar refractivity (Wildman–Crippen MR) is 79.7 cm³/mol. The zero-order chi connectivity index (χ0) is 15.1. The largest absolute Gasteiger partial charge is 0.484 e. The number of aromatic amines is 1. The molecule has 1 aromatic heterocycles. The van der Waals surface area contributed by atoms with Crippen molar-refractivity contribution in [3.05, 3.63) is 40.4 Å². The van der Waals surface area contributed by atoms with Crippen molar-refractivity contribution in [2.75, 3.05) is 13.2 Å². The number of aromatic nitrogens is 3. The van der Waals surface area contributed by atoms with Crippen LogP contribution in [0.2, 0.25) is 10.0 Å². The standard InChI is InChI=1S/C13H14Cl2N4O2/c14-10-4-3-9(6-11(10)15)21-7-13(20)16-5-1-2-12-17-8-18-19-12/h3-4,6,8H,1-2,5,7H2,(H,16,20)(H,17,18,19). The Morgan fingerprint density at radius 1 is 1.33 bits per heavy atom. The number of hydrogen-bond acceptors (Lipinski definition) is 4. The number of amides is 1. The Bertz CT molecular complexity index is 590. The maximum atomic E-state index is 11.6. The summed E-state index contributed by atoms with van der Waals surface area (Å²) in [6.45, 7) is 0.477. The summed E-state index contributed by atoms with van der Waals surface area (Å²) in [5.74, 6) is 1.11. The molecule has 112 valence electrons. The molecule has 0 aliphatic heterocycles. The van der Waals surface area contributed by atoms with Crippen LogP contribution in [-0.2, 0) is 11.2 Å². The lowest BCUT2D eigenvalue weighted by Gasteiger charge is -2.08. The van der Waals surface area contributed by atoms with Crippen LogP contribution in [-0.4, -0.2) is 34.2 Å². The number of benzene rings is 1. The Balaban J connectivity index is 1.64. The van der Waals surface area contributed by atoms with Gasteiger partial charge in [0.2, 0.25) is 0 Å². The summed E-state index contributed by atoms with van der Waals surface area (Å²) < 4.78 is 5.32. The van der Waals surface area contributed by atoms with Crippen LogP contribution in [0.4, 0.5) is 0 Å². The first kappa shape index (κ1) is 15.6. The number of hydrogen-bond donors (Lipinski definition) is 2. The van der Waals surface area contributed by atoms with E-state index in [0.29, 0.717) is 22.3 Å². The minimum Gasteiger partial charge on any atom is -0.484 e. The van der Waals surface area contributed by atoms with Gasteiger partial charge in [0.05, 0.1) is 10.0 Å². The molecule has 2 rings (SSSR count). The van der Waals surface area contributed by atoms with E-state index in [1.807, 2.05) is 0 Å². The SMILES string of the molecule is O=C(COc1ccc(Cl)c(Cl)c1)NCCCc1ncn[nH]1. The molecule has 0 saturated heterocycles. The van der Waals surface area contributed by atoms with Gasteiger partial charge in [0.25, 0.3) is 5.91 Å². The fourth-order valence-electron chi connectivity index (χ4n) is 1.60. The van der Waals surface area contributed by atoms with E-state index >= 15 is 0 Å². The molecule has 0 aliphatic carbocycles. The molecule has 2 N–H and O–H groups in total. The van der Waals surface area contributed by atoms with Crippen LogP contribution < -0.4 is 10.1 Å². The van der Waals surface area contributed by atoms with Crippen molar-refractivity contribution < 1.29 is 9.53 Å². The Morgan fingerprint density at radius 3 is 2.90 bits per heavy atom. The molecular weight excluding hydrogens is 315 g/mol.